The van der Waals surface area contributed by atoms with Crippen LogP contribution in [0, 0.1) is 23.5 Å². The van der Waals surface area contributed by atoms with Crippen LogP contribution in [-0.4, -0.2) is 44.2 Å². The van der Waals surface area contributed by atoms with E-state index in [0.29, 0.717) is 49.4 Å². The van der Waals surface area contributed by atoms with E-state index in [4.69, 9.17) is 25.8 Å². The smallest absolute Gasteiger partial charge is 0.226 e. The second kappa shape index (κ2) is 12.4. The van der Waals surface area contributed by atoms with Crippen LogP contribution < -0.4 is 19.5 Å². The minimum atomic E-state index is -0.753. The Labute approximate surface area is 210 Å². The van der Waals surface area contributed by atoms with Gasteiger partial charge in [-0.3, -0.25) is 4.79 Å². The number of methoxy groups -OCH3 is 1. The molecule has 1 aliphatic rings. The van der Waals surface area contributed by atoms with E-state index >= 15 is 0 Å². The van der Waals surface area contributed by atoms with Crippen LogP contribution in [0.15, 0.2) is 24.3 Å². The lowest BCUT2D eigenvalue weighted by atomic mass is 10.1. The number of halogens is 3. The third kappa shape index (κ3) is 7.21. The highest BCUT2D eigenvalue weighted by Gasteiger charge is 2.23. The van der Waals surface area contributed by atoms with Crippen LogP contribution >= 0.6 is 11.6 Å². The zero-order chi connectivity index (χ0) is 25.5. The van der Waals surface area contributed by atoms with Gasteiger partial charge in [0, 0.05) is 50.1 Å². The van der Waals surface area contributed by atoms with Crippen molar-refractivity contribution < 1.29 is 27.8 Å². The Morgan fingerprint density at radius 1 is 1.14 bits per heavy atom. The van der Waals surface area contributed by atoms with Crippen molar-refractivity contribution in [3.63, 3.8) is 0 Å². The van der Waals surface area contributed by atoms with Crippen molar-refractivity contribution in [1.29, 1.82) is 0 Å². The predicted octanol–water partition coefficient (Wildman–Crippen LogP) is 5.20. The molecule has 1 unspecified atom stereocenters. The normalized spacial score (nSPS) is 13.9. The molecule has 9 heteroatoms. The molecule has 2 aromatic rings. The van der Waals surface area contributed by atoms with E-state index < -0.39 is 11.6 Å². The van der Waals surface area contributed by atoms with Gasteiger partial charge in [0.1, 0.15) is 5.82 Å². The quantitative estimate of drug-likeness (QED) is 0.476. The van der Waals surface area contributed by atoms with Gasteiger partial charge in [-0.05, 0) is 29.7 Å². The minimum Gasteiger partial charge on any atom is -0.494 e. The van der Waals surface area contributed by atoms with Crippen molar-refractivity contribution in [3.8, 4) is 17.2 Å². The molecule has 192 valence electrons. The van der Waals surface area contributed by atoms with Crippen LogP contribution in [0.2, 0.25) is 5.02 Å². The molecular weight excluding hydrogens is 478 g/mol. The highest BCUT2D eigenvalue weighted by Crippen LogP contribution is 2.38. The molecule has 0 fully saturated rings. The van der Waals surface area contributed by atoms with Gasteiger partial charge in [0.25, 0.3) is 0 Å². The van der Waals surface area contributed by atoms with Crippen molar-refractivity contribution >= 4 is 17.5 Å². The van der Waals surface area contributed by atoms with E-state index in [1.807, 2.05) is 19.1 Å². The highest BCUT2D eigenvalue weighted by atomic mass is 35.5. The summed E-state index contributed by atoms with van der Waals surface area (Å²) in [6.45, 7) is 8.43. The molecule has 0 bridgehead atoms. The Morgan fingerprint density at radius 2 is 1.89 bits per heavy atom. The van der Waals surface area contributed by atoms with Gasteiger partial charge in [-0.1, -0.05) is 32.4 Å². The summed E-state index contributed by atoms with van der Waals surface area (Å²) in [6.07, 6.45) is 0.775. The van der Waals surface area contributed by atoms with Crippen LogP contribution in [0.1, 0.15) is 38.3 Å². The molecule has 0 saturated heterocycles. The summed E-state index contributed by atoms with van der Waals surface area (Å²) in [7, 11) is 1.33. The molecule has 1 N–H and O–H groups in total. The first-order valence-corrected chi connectivity index (χ1v) is 12.2. The summed E-state index contributed by atoms with van der Waals surface area (Å²) >= 11 is 6.44. The van der Waals surface area contributed by atoms with E-state index in [0.717, 1.165) is 18.1 Å². The minimum absolute atomic E-state index is 0.0239. The van der Waals surface area contributed by atoms with Crippen molar-refractivity contribution in [2.75, 3.05) is 33.4 Å². The summed E-state index contributed by atoms with van der Waals surface area (Å²) < 4.78 is 44.1. The summed E-state index contributed by atoms with van der Waals surface area (Å²) in [5.41, 5.74) is 1.12. The average molecular weight is 511 g/mol. The van der Waals surface area contributed by atoms with Crippen LogP contribution in [0.5, 0.6) is 17.2 Å². The molecule has 1 amide bonds. The second-order valence-corrected chi connectivity index (χ2v) is 9.59. The van der Waals surface area contributed by atoms with Gasteiger partial charge in [0.05, 0.1) is 25.3 Å². The zero-order valence-corrected chi connectivity index (χ0v) is 21.4. The number of rotatable bonds is 10. The van der Waals surface area contributed by atoms with Gasteiger partial charge in [-0.15, -0.1) is 0 Å². The van der Waals surface area contributed by atoms with Gasteiger partial charge in [-0.2, -0.15) is 0 Å². The fourth-order valence-electron chi connectivity index (χ4n) is 3.95. The molecule has 0 saturated carbocycles. The van der Waals surface area contributed by atoms with Crippen molar-refractivity contribution in [2.45, 2.75) is 40.3 Å². The third-order valence-electron chi connectivity index (χ3n) is 5.64. The molecular formula is C26H33ClF2N2O4. The molecule has 3 rings (SSSR count). The monoisotopic (exact) mass is 510 g/mol. The lowest BCUT2D eigenvalue weighted by Gasteiger charge is -2.28. The maximum Gasteiger partial charge on any atom is 0.226 e. The summed E-state index contributed by atoms with van der Waals surface area (Å²) in [6, 6.07) is 5.81. The van der Waals surface area contributed by atoms with Crippen molar-refractivity contribution in [1.82, 2.24) is 10.2 Å². The van der Waals surface area contributed by atoms with Gasteiger partial charge < -0.3 is 24.4 Å². The SMILES string of the molecule is COc1cc(CNCC(C)C(=O)N(Cc2cc(Cl)c3c(c2)OCCCO3)CC(C)C)c(F)cc1F. The molecule has 1 aliphatic heterocycles. The molecule has 1 atom stereocenters. The van der Waals surface area contributed by atoms with Crippen molar-refractivity contribution in [3.05, 3.63) is 52.0 Å². The number of nitrogens with zero attached hydrogens (tertiary/aromatic N) is 1. The molecule has 0 spiro atoms. The molecule has 6 nitrogen and oxygen atoms in total. The van der Waals surface area contributed by atoms with E-state index in [-0.39, 0.29) is 35.6 Å². The number of hydrogen-bond acceptors (Lipinski definition) is 5. The van der Waals surface area contributed by atoms with Crippen molar-refractivity contribution in [2.24, 2.45) is 11.8 Å². The topological polar surface area (TPSA) is 60.0 Å². The summed E-state index contributed by atoms with van der Waals surface area (Å²) in [5, 5.41) is 3.56. The second-order valence-electron chi connectivity index (χ2n) is 9.18. The molecule has 1 heterocycles. The summed E-state index contributed by atoms with van der Waals surface area (Å²) in [4.78, 5) is 15.1. The number of benzene rings is 2. The molecule has 35 heavy (non-hydrogen) atoms. The number of carbonyl (C=O) groups is 1. The standard InChI is InChI=1S/C26H33ClF2N2O4/c1-16(2)14-31(15-18-8-20(27)25-24(9-18)34-6-5-7-35-25)26(32)17(3)12-30-13-19-10-23(33-4)22(29)11-21(19)28/h8-11,16-17,30H,5-7,12-15H2,1-4H3. The molecule has 0 aliphatic carbocycles. The molecule has 2 aromatic carbocycles. The van der Waals surface area contributed by atoms with E-state index in [1.165, 1.54) is 13.2 Å². The van der Waals surface area contributed by atoms with E-state index in [9.17, 15) is 13.6 Å². The predicted molar refractivity (Wildman–Crippen MR) is 131 cm³/mol. The number of nitrogens with one attached hydrogen (secondary N) is 1. The third-order valence-corrected chi connectivity index (χ3v) is 5.92. The Morgan fingerprint density at radius 3 is 2.60 bits per heavy atom. The molecule has 0 aromatic heterocycles. The Bertz CT molecular complexity index is 1030. The fraction of sp³-hybridized carbons (Fsp3) is 0.500. The first-order chi connectivity index (χ1) is 16.7. The Hall–Kier alpha value is -2.58. The van der Waals surface area contributed by atoms with Crippen LogP contribution in [-0.2, 0) is 17.9 Å². The maximum atomic E-state index is 14.1. The van der Waals surface area contributed by atoms with Crippen LogP contribution in [0.25, 0.3) is 0 Å². The number of hydrogen-bond donors (Lipinski definition) is 1. The van der Waals surface area contributed by atoms with Gasteiger partial charge in [-0.25, -0.2) is 8.78 Å². The van der Waals surface area contributed by atoms with Crippen LogP contribution in [0.3, 0.4) is 0 Å². The Balaban J connectivity index is 1.66. The number of fused-ring (bicyclic) bond motifs is 1. The largest absolute Gasteiger partial charge is 0.494 e. The fourth-order valence-corrected chi connectivity index (χ4v) is 4.24. The first-order valence-electron chi connectivity index (χ1n) is 11.8. The molecule has 0 radical (unpaired) electrons. The average Bonchev–Trinajstić information content (AvgIpc) is 3.05. The van der Waals surface area contributed by atoms with Gasteiger partial charge >= 0.3 is 0 Å². The number of amides is 1. The van der Waals surface area contributed by atoms with Gasteiger partial charge in [0.15, 0.2) is 23.1 Å². The highest BCUT2D eigenvalue weighted by molar-refractivity contribution is 6.32. The summed E-state index contributed by atoms with van der Waals surface area (Å²) in [5.74, 6) is -0.453. The maximum absolute atomic E-state index is 14.1. The zero-order valence-electron chi connectivity index (χ0n) is 20.6. The van der Waals surface area contributed by atoms with E-state index in [2.05, 4.69) is 19.2 Å². The van der Waals surface area contributed by atoms with Gasteiger partial charge in [0.2, 0.25) is 5.91 Å². The lowest BCUT2D eigenvalue weighted by Crippen LogP contribution is -2.40. The number of carbonyl (C=O) groups excluding carboxylic acids is 1. The lowest BCUT2D eigenvalue weighted by molar-refractivity contribution is -0.136. The van der Waals surface area contributed by atoms with Crippen LogP contribution in [0.4, 0.5) is 8.78 Å². The van der Waals surface area contributed by atoms with E-state index in [1.54, 1.807) is 4.90 Å². The Kier molecular flexibility index (Phi) is 9.57. The number of ether oxygens (including phenoxy) is 3. The first kappa shape index (κ1) is 27.0.